The van der Waals surface area contributed by atoms with E-state index in [-0.39, 0.29) is 6.04 Å². The molecule has 3 aromatic heterocycles. The van der Waals surface area contributed by atoms with E-state index in [0.29, 0.717) is 28.6 Å². The molecule has 0 radical (unpaired) electrons. The molecular weight excluding hydrogens is 414 g/mol. The van der Waals surface area contributed by atoms with Gasteiger partial charge in [-0.2, -0.15) is 5.26 Å². The van der Waals surface area contributed by atoms with Crippen molar-refractivity contribution in [3.63, 3.8) is 0 Å². The Kier molecular flexibility index (Phi) is 6.31. The van der Waals surface area contributed by atoms with Gasteiger partial charge in [-0.1, -0.05) is 19.1 Å². The number of methoxy groups -OCH3 is 1. The number of nitrogens with zero attached hydrogens (tertiary/aromatic N) is 6. The zero-order chi connectivity index (χ0) is 23.4. The summed E-state index contributed by atoms with van der Waals surface area (Å²) in [7, 11) is 1.59. The number of rotatable bonds is 7. The van der Waals surface area contributed by atoms with Crippen molar-refractivity contribution in [1.29, 1.82) is 5.26 Å². The third kappa shape index (κ3) is 4.67. The molecule has 1 unspecified atom stereocenters. The van der Waals surface area contributed by atoms with Crippen LogP contribution in [-0.4, -0.2) is 31.8 Å². The maximum absolute atomic E-state index is 9.02. The van der Waals surface area contributed by atoms with E-state index in [9.17, 15) is 0 Å². The first-order valence-corrected chi connectivity index (χ1v) is 10.7. The molecule has 0 saturated heterocycles. The molecule has 0 aliphatic rings. The lowest BCUT2D eigenvalue weighted by Gasteiger charge is -2.19. The average molecular weight is 440 g/mol. The first kappa shape index (κ1) is 22.0. The van der Waals surface area contributed by atoms with Gasteiger partial charge in [0, 0.05) is 6.20 Å². The number of anilines is 1. The molecule has 0 bridgehead atoms. The van der Waals surface area contributed by atoms with Crippen molar-refractivity contribution in [2.75, 3.05) is 12.4 Å². The minimum Gasteiger partial charge on any atom is -0.479 e. The van der Waals surface area contributed by atoms with Crippen LogP contribution in [0.15, 0.2) is 55.0 Å². The Morgan fingerprint density at radius 1 is 1.09 bits per heavy atom. The number of hydrogen-bond acceptors (Lipinski definition) is 7. The summed E-state index contributed by atoms with van der Waals surface area (Å²) in [4.78, 5) is 8.91. The Hall–Kier alpha value is -4.25. The minimum absolute atomic E-state index is 0.0627. The number of aromatic nitrogens is 5. The van der Waals surface area contributed by atoms with Crippen LogP contribution in [0.3, 0.4) is 0 Å². The smallest absolute Gasteiger partial charge is 0.238 e. The minimum atomic E-state index is 0.0627. The van der Waals surface area contributed by atoms with Gasteiger partial charge in [0.1, 0.15) is 11.4 Å². The van der Waals surface area contributed by atoms with Crippen molar-refractivity contribution < 1.29 is 4.74 Å². The molecule has 1 N–H and O–H groups in total. The van der Waals surface area contributed by atoms with E-state index in [0.717, 1.165) is 28.9 Å². The van der Waals surface area contributed by atoms with Crippen LogP contribution in [0.5, 0.6) is 5.88 Å². The summed E-state index contributed by atoms with van der Waals surface area (Å²) >= 11 is 0. The fourth-order valence-corrected chi connectivity index (χ4v) is 3.60. The van der Waals surface area contributed by atoms with Crippen molar-refractivity contribution in [3.05, 3.63) is 77.4 Å². The van der Waals surface area contributed by atoms with Gasteiger partial charge in [0.15, 0.2) is 5.82 Å². The Bertz CT molecular complexity index is 1310. The van der Waals surface area contributed by atoms with E-state index >= 15 is 0 Å². The van der Waals surface area contributed by atoms with Crippen LogP contribution < -0.4 is 10.1 Å². The standard InChI is InChI=1S/C25H25N7O/c1-5-20(19-8-6-18(13-26)7-9-19)28-24-16(2)12-22(30-31-24)21-10-11-23(25(29-21)33-4)32-14-17(3)27-15-32/h6-12,14-15,20H,5H2,1-4H3,(H,28,31). The number of nitriles is 1. The molecular formula is C25H25N7O. The fourth-order valence-electron chi connectivity index (χ4n) is 3.60. The van der Waals surface area contributed by atoms with Crippen LogP contribution >= 0.6 is 0 Å². The number of aryl methyl sites for hydroxylation is 2. The number of nitrogens with one attached hydrogen (secondary N) is 1. The Morgan fingerprint density at radius 2 is 1.88 bits per heavy atom. The van der Waals surface area contributed by atoms with Gasteiger partial charge in [-0.3, -0.25) is 0 Å². The predicted molar refractivity (Wildman–Crippen MR) is 126 cm³/mol. The number of pyridine rings is 1. The predicted octanol–water partition coefficient (Wildman–Crippen LogP) is 4.78. The van der Waals surface area contributed by atoms with Crippen molar-refractivity contribution >= 4 is 5.82 Å². The molecule has 8 heteroatoms. The molecule has 1 atom stereocenters. The van der Waals surface area contributed by atoms with Gasteiger partial charge in [-0.05, 0) is 61.7 Å². The molecule has 166 valence electrons. The highest BCUT2D eigenvalue weighted by atomic mass is 16.5. The molecule has 0 aliphatic heterocycles. The van der Waals surface area contributed by atoms with Crippen LogP contribution in [-0.2, 0) is 0 Å². The van der Waals surface area contributed by atoms with Gasteiger partial charge in [0.25, 0.3) is 0 Å². The highest BCUT2D eigenvalue weighted by Crippen LogP contribution is 2.28. The van der Waals surface area contributed by atoms with Crippen LogP contribution in [0.25, 0.3) is 17.1 Å². The highest BCUT2D eigenvalue weighted by molar-refractivity contribution is 5.61. The topological polar surface area (TPSA) is 102 Å². The number of benzene rings is 1. The highest BCUT2D eigenvalue weighted by Gasteiger charge is 2.15. The van der Waals surface area contributed by atoms with E-state index in [1.165, 1.54) is 0 Å². The summed E-state index contributed by atoms with van der Waals surface area (Å²) < 4.78 is 7.40. The Labute approximate surface area is 192 Å². The molecule has 0 saturated carbocycles. The third-order valence-corrected chi connectivity index (χ3v) is 5.43. The van der Waals surface area contributed by atoms with E-state index in [1.54, 1.807) is 13.4 Å². The van der Waals surface area contributed by atoms with Gasteiger partial charge in [-0.25, -0.2) is 9.97 Å². The lowest BCUT2D eigenvalue weighted by Crippen LogP contribution is -2.12. The van der Waals surface area contributed by atoms with Gasteiger partial charge in [-0.15, -0.1) is 10.2 Å². The summed E-state index contributed by atoms with van der Waals surface area (Å²) in [5.74, 6) is 1.20. The maximum atomic E-state index is 9.02. The van der Waals surface area contributed by atoms with Crippen LogP contribution in [0.2, 0.25) is 0 Å². The summed E-state index contributed by atoms with van der Waals surface area (Å²) in [6.45, 7) is 6.03. The molecule has 1 aromatic carbocycles. The maximum Gasteiger partial charge on any atom is 0.238 e. The summed E-state index contributed by atoms with van der Waals surface area (Å²) in [6, 6.07) is 15.6. The van der Waals surface area contributed by atoms with E-state index < -0.39 is 0 Å². The molecule has 33 heavy (non-hydrogen) atoms. The molecule has 0 amide bonds. The zero-order valence-corrected chi connectivity index (χ0v) is 19.1. The van der Waals surface area contributed by atoms with E-state index in [2.05, 4.69) is 38.5 Å². The van der Waals surface area contributed by atoms with E-state index in [1.807, 2.05) is 67.1 Å². The zero-order valence-electron chi connectivity index (χ0n) is 19.1. The molecule has 0 fully saturated rings. The summed E-state index contributed by atoms with van der Waals surface area (Å²) in [5, 5.41) is 21.3. The summed E-state index contributed by atoms with van der Waals surface area (Å²) in [6.07, 6.45) is 4.52. The monoisotopic (exact) mass is 439 g/mol. The normalized spacial score (nSPS) is 11.6. The fraction of sp³-hybridized carbons (Fsp3) is 0.240. The first-order chi connectivity index (χ1) is 16.0. The van der Waals surface area contributed by atoms with Gasteiger partial charge in [0.05, 0.1) is 42.5 Å². The van der Waals surface area contributed by atoms with Crippen LogP contribution in [0.1, 0.15) is 41.8 Å². The third-order valence-electron chi connectivity index (χ3n) is 5.43. The molecule has 4 rings (SSSR count). The van der Waals surface area contributed by atoms with Crippen molar-refractivity contribution in [1.82, 2.24) is 24.7 Å². The Balaban J connectivity index is 1.58. The molecule has 3 heterocycles. The van der Waals surface area contributed by atoms with Gasteiger partial charge in [0.2, 0.25) is 5.88 Å². The van der Waals surface area contributed by atoms with Crippen molar-refractivity contribution in [3.8, 4) is 29.0 Å². The van der Waals surface area contributed by atoms with Crippen LogP contribution in [0.4, 0.5) is 5.82 Å². The van der Waals surface area contributed by atoms with Crippen molar-refractivity contribution in [2.24, 2.45) is 0 Å². The van der Waals surface area contributed by atoms with Gasteiger partial charge >= 0.3 is 0 Å². The second-order valence-corrected chi connectivity index (χ2v) is 7.75. The first-order valence-electron chi connectivity index (χ1n) is 10.7. The SMILES string of the molecule is CCC(Nc1nnc(-c2ccc(-n3cnc(C)c3)c(OC)n2)cc1C)c1ccc(C#N)cc1. The Morgan fingerprint density at radius 3 is 2.48 bits per heavy atom. The average Bonchev–Trinajstić information content (AvgIpc) is 3.29. The number of ether oxygens (including phenoxy) is 1. The second kappa shape index (κ2) is 9.49. The second-order valence-electron chi connectivity index (χ2n) is 7.75. The van der Waals surface area contributed by atoms with E-state index in [4.69, 9.17) is 10.00 Å². The molecule has 8 nitrogen and oxygen atoms in total. The lowest BCUT2D eigenvalue weighted by atomic mass is 10.0. The van der Waals surface area contributed by atoms with Gasteiger partial charge < -0.3 is 14.6 Å². The van der Waals surface area contributed by atoms with Crippen LogP contribution in [0, 0.1) is 25.2 Å². The lowest BCUT2D eigenvalue weighted by molar-refractivity contribution is 0.396. The quantitative estimate of drug-likeness (QED) is 0.442. The summed E-state index contributed by atoms with van der Waals surface area (Å²) in [5.41, 5.74) is 5.76. The largest absolute Gasteiger partial charge is 0.479 e. The molecule has 0 spiro atoms. The molecule has 4 aromatic rings. The number of imidazole rings is 1. The van der Waals surface area contributed by atoms with Crippen molar-refractivity contribution in [2.45, 2.75) is 33.2 Å². The molecule has 0 aliphatic carbocycles. The number of hydrogen-bond donors (Lipinski definition) is 1.